The lowest BCUT2D eigenvalue weighted by molar-refractivity contribution is -0.0799. The van der Waals surface area contributed by atoms with Gasteiger partial charge in [0.1, 0.15) is 6.10 Å². The predicted molar refractivity (Wildman–Crippen MR) is 58.9 cm³/mol. The third kappa shape index (κ3) is 4.93. The van der Waals surface area contributed by atoms with Crippen LogP contribution in [0.5, 0.6) is 0 Å². The van der Waals surface area contributed by atoms with Gasteiger partial charge in [0.05, 0.1) is 19.3 Å². The zero-order valence-electron chi connectivity index (χ0n) is 9.74. The van der Waals surface area contributed by atoms with Gasteiger partial charge in [-0.1, -0.05) is 0 Å². The molecule has 90 valence electrons. The van der Waals surface area contributed by atoms with Crippen LogP contribution in [0.3, 0.4) is 0 Å². The maximum Gasteiger partial charge on any atom is 0.101 e. The number of ether oxygens (including phenoxy) is 2. The highest BCUT2D eigenvalue weighted by molar-refractivity contribution is 4.81. The fourth-order valence-corrected chi connectivity index (χ4v) is 1.82. The number of aliphatic hydroxyl groups excluding tert-OH is 1. The zero-order chi connectivity index (χ0) is 11.1. The largest absolute Gasteiger partial charge is 0.388 e. The standard InChI is InChI=1S/C11H23NO3/c1-3-14-7-10(13)8-15-11-4-9(5-11)6-12-2/h9-13H,3-8H2,1-2H3. The average molecular weight is 217 g/mol. The summed E-state index contributed by atoms with van der Waals surface area (Å²) in [5, 5.41) is 12.6. The molecule has 1 rings (SSSR count). The molecule has 0 saturated heterocycles. The van der Waals surface area contributed by atoms with Crippen molar-refractivity contribution >= 4 is 0 Å². The highest BCUT2D eigenvalue weighted by Gasteiger charge is 2.29. The summed E-state index contributed by atoms with van der Waals surface area (Å²) < 4.78 is 10.7. The van der Waals surface area contributed by atoms with E-state index in [2.05, 4.69) is 5.32 Å². The van der Waals surface area contributed by atoms with Crippen LogP contribution in [0.4, 0.5) is 0 Å². The number of nitrogens with one attached hydrogen (secondary N) is 1. The SMILES string of the molecule is CCOCC(O)COC1CC(CNC)C1. The number of rotatable bonds is 8. The highest BCUT2D eigenvalue weighted by atomic mass is 16.5. The van der Waals surface area contributed by atoms with E-state index in [9.17, 15) is 5.11 Å². The summed E-state index contributed by atoms with van der Waals surface area (Å²) >= 11 is 0. The lowest BCUT2D eigenvalue weighted by atomic mass is 9.82. The molecule has 0 radical (unpaired) electrons. The van der Waals surface area contributed by atoms with Crippen LogP contribution in [0.15, 0.2) is 0 Å². The van der Waals surface area contributed by atoms with E-state index >= 15 is 0 Å². The van der Waals surface area contributed by atoms with Gasteiger partial charge in [-0.2, -0.15) is 0 Å². The van der Waals surface area contributed by atoms with Crippen molar-refractivity contribution in [1.82, 2.24) is 5.32 Å². The minimum atomic E-state index is -0.478. The smallest absolute Gasteiger partial charge is 0.101 e. The van der Waals surface area contributed by atoms with E-state index in [0.717, 1.165) is 25.3 Å². The monoisotopic (exact) mass is 217 g/mol. The van der Waals surface area contributed by atoms with Crippen LogP contribution in [0.25, 0.3) is 0 Å². The summed E-state index contributed by atoms with van der Waals surface area (Å²) in [5.74, 6) is 0.754. The van der Waals surface area contributed by atoms with Crippen LogP contribution >= 0.6 is 0 Å². The van der Waals surface area contributed by atoms with Gasteiger partial charge in [0.2, 0.25) is 0 Å². The van der Waals surface area contributed by atoms with Crippen molar-refractivity contribution < 1.29 is 14.6 Å². The van der Waals surface area contributed by atoms with Gasteiger partial charge in [-0.25, -0.2) is 0 Å². The molecule has 1 aliphatic carbocycles. The molecular weight excluding hydrogens is 194 g/mol. The molecular formula is C11H23NO3. The van der Waals surface area contributed by atoms with E-state index in [0.29, 0.717) is 25.9 Å². The summed E-state index contributed by atoms with van der Waals surface area (Å²) in [6.07, 6.45) is 2.10. The van der Waals surface area contributed by atoms with Crippen LogP contribution in [0.2, 0.25) is 0 Å². The first-order valence-electron chi connectivity index (χ1n) is 5.78. The third-order valence-electron chi connectivity index (χ3n) is 2.72. The molecule has 0 bridgehead atoms. The van der Waals surface area contributed by atoms with Gasteiger partial charge in [0.15, 0.2) is 0 Å². The maximum atomic E-state index is 9.46. The molecule has 2 N–H and O–H groups in total. The van der Waals surface area contributed by atoms with Crippen molar-refractivity contribution in [3.63, 3.8) is 0 Å². The van der Waals surface area contributed by atoms with E-state index in [4.69, 9.17) is 9.47 Å². The first-order valence-corrected chi connectivity index (χ1v) is 5.78. The van der Waals surface area contributed by atoms with Crippen molar-refractivity contribution in [3.8, 4) is 0 Å². The fourth-order valence-electron chi connectivity index (χ4n) is 1.82. The molecule has 0 amide bonds. The lowest BCUT2D eigenvalue weighted by Gasteiger charge is -2.35. The summed E-state index contributed by atoms with van der Waals surface area (Å²) in [7, 11) is 1.97. The second-order valence-electron chi connectivity index (χ2n) is 4.16. The second kappa shape index (κ2) is 7.17. The van der Waals surface area contributed by atoms with Gasteiger partial charge in [0, 0.05) is 6.61 Å². The molecule has 1 atom stereocenters. The Hall–Kier alpha value is -0.160. The Morgan fingerprint density at radius 2 is 2.13 bits per heavy atom. The average Bonchev–Trinajstić information content (AvgIpc) is 2.18. The predicted octanol–water partition coefficient (Wildman–Crippen LogP) is 0.398. The highest BCUT2D eigenvalue weighted by Crippen LogP contribution is 2.29. The minimum Gasteiger partial charge on any atom is -0.388 e. The molecule has 1 aliphatic rings. The summed E-state index contributed by atoms with van der Waals surface area (Å²) in [5.41, 5.74) is 0. The number of aliphatic hydroxyl groups is 1. The molecule has 0 aliphatic heterocycles. The fraction of sp³-hybridized carbons (Fsp3) is 1.00. The Morgan fingerprint density at radius 1 is 1.40 bits per heavy atom. The van der Waals surface area contributed by atoms with Crippen molar-refractivity contribution in [3.05, 3.63) is 0 Å². The van der Waals surface area contributed by atoms with Crippen LogP contribution in [-0.4, -0.2) is 50.7 Å². The zero-order valence-corrected chi connectivity index (χ0v) is 9.74. The number of hydrogen-bond donors (Lipinski definition) is 2. The lowest BCUT2D eigenvalue weighted by Crippen LogP contribution is -2.38. The molecule has 0 aromatic rings. The molecule has 1 fully saturated rings. The Labute approximate surface area is 92.0 Å². The van der Waals surface area contributed by atoms with Crippen molar-refractivity contribution in [2.75, 3.05) is 33.4 Å². The van der Waals surface area contributed by atoms with Crippen LogP contribution < -0.4 is 5.32 Å². The summed E-state index contributed by atoms with van der Waals surface area (Å²) in [6.45, 7) is 4.41. The van der Waals surface area contributed by atoms with E-state index in [1.54, 1.807) is 0 Å². The molecule has 1 saturated carbocycles. The topological polar surface area (TPSA) is 50.7 Å². The van der Waals surface area contributed by atoms with E-state index in [1.807, 2.05) is 14.0 Å². The molecule has 4 nitrogen and oxygen atoms in total. The quantitative estimate of drug-likeness (QED) is 0.618. The van der Waals surface area contributed by atoms with Gasteiger partial charge in [0.25, 0.3) is 0 Å². The van der Waals surface area contributed by atoms with Crippen LogP contribution in [0.1, 0.15) is 19.8 Å². The van der Waals surface area contributed by atoms with Crippen LogP contribution in [0, 0.1) is 5.92 Å². The molecule has 15 heavy (non-hydrogen) atoms. The van der Waals surface area contributed by atoms with E-state index in [1.165, 1.54) is 0 Å². The molecule has 0 aromatic carbocycles. The van der Waals surface area contributed by atoms with Crippen LogP contribution in [-0.2, 0) is 9.47 Å². The Kier molecular flexibility index (Phi) is 6.17. The summed E-state index contributed by atoms with van der Waals surface area (Å²) in [6, 6.07) is 0. The van der Waals surface area contributed by atoms with Crippen molar-refractivity contribution in [2.24, 2.45) is 5.92 Å². The third-order valence-corrected chi connectivity index (χ3v) is 2.72. The molecule has 0 heterocycles. The summed E-state index contributed by atoms with van der Waals surface area (Å²) in [4.78, 5) is 0. The Bertz CT molecular complexity index is 160. The maximum absolute atomic E-state index is 9.46. The molecule has 0 spiro atoms. The molecule has 1 unspecified atom stereocenters. The normalized spacial score (nSPS) is 27.4. The minimum absolute atomic E-state index is 0.347. The van der Waals surface area contributed by atoms with Gasteiger partial charge in [-0.05, 0) is 39.3 Å². The number of hydrogen-bond acceptors (Lipinski definition) is 4. The van der Waals surface area contributed by atoms with E-state index in [-0.39, 0.29) is 0 Å². The Balaban J connectivity index is 1.93. The first kappa shape index (κ1) is 12.9. The van der Waals surface area contributed by atoms with Gasteiger partial charge >= 0.3 is 0 Å². The van der Waals surface area contributed by atoms with Gasteiger partial charge in [-0.15, -0.1) is 0 Å². The van der Waals surface area contributed by atoms with Gasteiger partial charge in [-0.3, -0.25) is 0 Å². The Morgan fingerprint density at radius 3 is 2.73 bits per heavy atom. The molecule has 4 heteroatoms. The first-order chi connectivity index (χ1) is 7.26. The van der Waals surface area contributed by atoms with Crippen molar-refractivity contribution in [2.45, 2.75) is 32.0 Å². The van der Waals surface area contributed by atoms with E-state index < -0.39 is 6.10 Å². The molecule has 0 aromatic heterocycles. The van der Waals surface area contributed by atoms with Gasteiger partial charge < -0.3 is 19.9 Å². The van der Waals surface area contributed by atoms with Crippen molar-refractivity contribution in [1.29, 1.82) is 0 Å². The second-order valence-corrected chi connectivity index (χ2v) is 4.16.